The van der Waals surface area contributed by atoms with Gasteiger partial charge in [0, 0.05) is 6.20 Å². The number of pyridine rings is 1. The van der Waals surface area contributed by atoms with Gasteiger partial charge < -0.3 is 4.18 Å². The third kappa shape index (κ3) is 2.59. The molecule has 2 aromatic heterocycles. The van der Waals surface area contributed by atoms with Crippen molar-refractivity contribution in [3.8, 4) is 5.88 Å². The number of fused-ring (bicyclic) bond motifs is 1. The molecule has 2 aromatic rings. The van der Waals surface area contributed by atoms with Crippen LogP contribution >= 0.6 is 0 Å². The summed E-state index contributed by atoms with van der Waals surface area (Å²) < 4.78 is 63.0. The van der Waals surface area contributed by atoms with Crippen LogP contribution in [0.4, 0.5) is 13.2 Å². The summed E-state index contributed by atoms with van der Waals surface area (Å²) in [5.41, 5.74) is -5.66. The molecule has 0 spiro atoms. The maximum atomic E-state index is 12.2. The lowest BCUT2D eigenvalue weighted by molar-refractivity contribution is -0.0501. The van der Waals surface area contributed by atoms with E-state index in [2.05, 4.69) is 9.17 Å². The number of alkyl halides is 3. The van der Waals surface area contributed by atoms with E-state index in [1.165, 1.54) is 12.3 Å². The molecule has 0 unspecified atom stereocenters. The van der Waals surface area contributed by atoms with Crippen molar-refractivity contribution in [3.05, 3.63) is 40.3 Å². The van der Waals surface area contributed by atoms with Crippen molar-refractivity contribution in [1.29, 1.82) is 0 Å². The molecule has 0 aliphatic heterocycles. The minimum absolute atomic E-state index is 0.0320. The van der Waals surface area contributed by atoms with Crippen molar-refractivity contribution in [2.24, 2.45) is 0 Å². The Balaban J connectivity index is 2.54. The summed E-state index contributed by atoms with van der Waals surface area (Å²) in [4.78, 5) is 15.2. The third-order valence-electron chi connectivity index (χ3n) is 2.26. The van der Waals surface area contributed by atoms with Gasteiger partial charge in [-0.05, 0) is 18.6 Å². The highest BCUT2D eigenvalue weighted by atomic mass is 32.2. The number of halogens is 3. The summed E-state index contributed by atoms with van der Waals surface area (Å²) in [6.45, 7) is 1.70. The first-order valence-electron chi connectivity index (χ1n) is 5.11. The molecule has 0 bridgehead atoms. The van der Waals surface area contributed by atoms with Gasteiger partial charge in [-0.25, -0.2) is 0 Å². The molecule has 0 atom stereocenters. The zero-order chi connectivity index (χ0) is 15.1. The number of aromatic nitrogens is 2. The van der Waals surface area contributed by atoms with E-state index >= 15 is 0 Å². The van der Waals surface area contributed by atoms with Gasteiger partial charge in [-0.15, -0.1) is 0 Å². The maximum Gasteiger partial charge on any atom is 0.534 e. The Morgan fingerprint density at radius 3 is 2.55 bits per heavy atom. The summed E-state index contributed by atoms with van der Waals surface area (Å²) in [5.74, 6) is -0.934. The zero-order valence-electron chi connectivity index (χ0n) is 9.88. The SMILES string of the molecule is Cc1ccc2nc(OS(=O)(=O)C(F)(F)F)cc(=O)n2c1. The predicted octanol–water partition coefficient (Wildman–Crippen LogP) is 1.23. The molecule has 0 amide bonds. The molecule has 0 fully saturated rings. The van der Waals surface area contributed by atoms with Crippen LogP contribution in [0.5, 0.6) is 5.88 Å². The lowest BCUT2D eigenvalue weighted by atomic mass is 10.3. The van der Waals surface area contributed by atoms with Crippen LogP contribution in [-0.4, -0.2) is 23.3 Å². The Morgan fingerprint density at radius 1 is 1.30 bits per heavy atom. The van der Waals surface area contributed by atoms with E-state index in [4.69, 9.17) is 0 Å². The van der Waals surface area contributed by atoms with Gasteiger partial charge in [0.2, 0.25) is 5.88 Å². The average Bonchev–Trinajstić information content (AvgIpc) is 2.28. The standard InChI is InChI=1S/C10H7F3N2O4S/c1-6-2-3-7-14-8(4-9(16)15(7)5-6)19-20(17,18)10(11,12)13/h2-5H,1H3. The molecule has 10 heteroatoms. The van der Waals surface area contributed by atoms with E-state index in [0.29, 0.717) is 6.07 Å². The predicted molar refractivity (Wildman–Crippen MR) is 61.8 cm³/mol. The van der Waals surface area contributed by atoms with E-state index in [1.54, 1.807) is 13.0 Å². The lowest BCUT2D eigenvalue weighted by Gasteiger charge is -2.09. The third-order valence-corrected chi connectivity index (χ3v) is 3.22. The number of hydrogen-bond donors (Lipinski definition) is 0. The minimum Gasteiger partial charge on any atom is -0.355 e. The Morgan fingerprint density at radius 2 is 1.95 bits per heavy atom. The fourth-order valence-corrected chi connectivity index (χ4v) is 1.79. The van der Waals surface area contributed by atoms with Crippen molar-refractivity contribution in [2.75, 3.05) is 0 Å². The molecule has 0 saturated carbocycles. The molecule has 0 aliphatic rings. The summed E-state index contributed by atoms with van der Waals surface area (Å²) >= 11 is 0. The van der Waals surface area contributed by atoms with Crippen molar-refractivity contribution in [3.63, 3.8) is 0 Å². The zero-order valence-corrected chi connectivity index (χ0v) is 10.7. The van der Waals surface area contributed by atoms with Crippen LogP contribution in [0.15, 0.2) is 29.2 Å². The summed E-state index contributed by atoms with van der Waals surface area (Å²) in [6, 6.07) is 3.48. The van der Waals surface area contributed by atoms with Crippen LogP contribution in [0, 0.1) is 6.92 Å². The molecular weight excluding hydrogens is 301 g/mol. The van der Waals surface area contributed by atoms with Crippen molar-refractivity contribution >= 4 is 15.8 Å². The van der Waals surface area contributed by atoms with Gasteiger partial charge in [0.25, 0.3) is 5.56 Å². The Hall–Kier alpha value is -2.10. The van der Waals surface area contributed by atoms with Gasteiger partial charge in [-0.3, -0.25) is 9.20 Å². The molecule has 0 N–H and O–H groups in total. The van der Waals surface area contributed by atoms with E-state index in [1.807, 2.05) is 0 Å². The quantitative estimate of drug-likeness (QED) is 0.616. The van der Waals surface area contributed by atoms with Crippen LogP contribution in [0.2, 0.25) is 0 Å². The molecule has 6 nitrogen and oxygen atoms in total. The second kappa shape index (κ2) is 4.47. The molecule has 0 radical (unpaired) electrons. The maximum absolute atomic E-state index is 12.2. The van der Waals surface area contributed by atoms with Gasteiger partial charge in [0.05, 0.1) is 6.07 Å². The van der Waals surface area contributed by atoms with Crippen molar-refractivity contribution < 1.29 is 25.8 Å². The van der Waals surface area contributed by atoms with Crippen LogP contribution < -0.4 is 9.74 Å². The van der Waals surface area contributed by atoms with E-state index in [-0.39, 0.29) is 5.65 Å². The van der Waals surface area contributed by atoms with Crippen molar-refractivity contribution in [1.82, 2.24) is 9.38 Å². The van der Waals surface area contributed by atoms with Crippen LogP contribution in [0.3, 0.4) is 0 Å². The van der Waals surface area contributed by atoms with Gasteiger partial charge in [-0.1, -0.05) is 6.07 Å². The Bertz CT molecular complexity index is 826. The monoisotopic (exact) mass is 308 g/mol. The highest BCUT2D eigenvalue weighted by Gasteiger charge is 2.48. The second-order valence-corrected chi connectivity index (χ2v) is 5.39. The molecule has 20 heavy (non-hydrogen) atoms. The Labute approximate surface area is 110 Å². The molecule has 108 valence electrons. The van der Waals surface area contributed by atoms with Crippen LogP contribution in [-0.2, 0) is 10.1 Å². The van der Waals surface area contributed by atoms with Gasteiger partial charge in [0.1, 0.15) is 5.65 Å². The van der Waals surface area contributed by atoms with Crippen molar-refractivity contribution in [2.45, 2.75) is 12.4 Å². The number of rotatable bonds is 2. The summed E-state index contributed by atoms with van der Waals surface area (Å²) in [5, 5.41) is 0. The number of hydrogen-bond acceptors (Lipinski definition) is 5. The summed E-state index contributed by atoms with van der Waals surface area (Å²) in [6.07, 6.45) is 1.41. The molecule has 0 aromatic carbocycles. The summed E-state index contributed by atoms with van der Waals surface area (Å²) in [7, 11) is -5.86. The topological polar surface area (TPSA) is 77.7 Å². The fraction of sp³-hybridized carbons (Fsp3) is 0.200. The normalized spacial score (nSPS) is 12.6. The van der Waals surface area contributed by atoms with Crippen LogP contribution in [0.1, 0.15) is 5.56 Å². The van der Waals surface area contributed by atoms with Gasteiger partial charge >= 0.3 is 15.6 Å². The van der Waals surface area contributed by atoms with E-state index in [0.717, 1.165) is 9.96 Å². The highest BCUT2D eigenvalue weighted by molar-refractivity contribution is 7.87. The average molecular weight is 308 g/mol. The molecule has 0 saturated heterocycles. The second-order valence-electron chi connectivity index (χ2n) is 3.85. The number of aryl methyl sites for hydroxylation is 1. The van der Waals surface area contributed by atoms with Crippen LogP contribution in [0.25, 0.3) is 5.65 Å². The van der Waals surface area contributed by atoms with E-state index in [9.17, 15) is 26.4 Å². The molecule has 2 heterocycles. The smallest absolute Gasteiger partial charge is 0.355 e. The van der Waals surface area contributed by atoms with Gasteiger partial charge in [0.15, 0.2) is 0 Å². The molecule has 0 aliphatic carbocycles. The first-order valence-corrected chi connectivity index (χ1v) is 6.52. The molecule has 2 rings (SSSR count). The minimum atomic E-state index is -5.86. The van der Waals surface area contributed by atoms with Gasteiger partial charge in [-0.2, -0.15) is 26.6 Å². The fourth-order valence-electron chi connectivity index (χ4n) is 1.39. The first-order chi connectivity index (χ1) is 9.10. The molecular formula is C10H7F3N2O4S. The number of nitrogens with zero attached hydrogens (tertiary/aromatic N) is 2. The highest BCUT2D eigenvalue weighted by Crippen LogP contribution is 2.25. The lowest BCUT2D eigenvalue weighted by Crippen LogP contribution is -2.29. The van der Waals surface area contributed by atoms with E-state index < -0.39 is 27.1 Å². The largest absolute Gasteiger partial charge is 0.534 e. The Kier molecular flexibility index (Phi) is 3.20. The first kappa shape index (κ1) is 14.3.